The van der Waals surface area contributed by atoms with Crippen LogP contribution in [-0.4, -0.2) is 26.9 Å². The van der Waals surface area contributed by atoms with Gasteiger partial charge in [-0.3, -0.25) is 14.2 Å². The molecule has 35 heavy (non-hydrogen) atoms. The number of hydrogen-bond acceptors (Lipinski definition) is 3. The predicted molar refractivity (Wildman–Crippen MR) is 145 cm³/mol. The molecule has 1 heterocycles. The maximum Gasteiger partial charge on any atom is 0.266 e. The largest absolute Gasteiger partial charge is 0.333 e. The van der Waals surface area contributed by atoms with Gasteiger partial charge < -0.3 is 4.90 Å². The predicted octanol–water partition coefficient (Wildman–Crippen LogP) is 7.05. The van der Waals surface area contributed by atoms with Crippen LogP contribution in [0.25, 0.3) is 16.6 Å². The quantitative estimate of drug-likeness (QED) is 0.264. The monoisotopic (exact) mass is 475 g/mol. The molecule has 3 aromatic rings. The highest BCUT2D eigenvalue weighted by Gasteiger charge is 2.28. The number of rotatable bonds is 12. The van der Waals surface area contributed by atoms with Crippen molar-refractivity contribution in [3.05, 3.63) is 69.8 Å². The first-order valence-corrected chi connectivity index (χ1v) is 13.3. The topological polar surface area (TPSA) is 55.2 Å². The van der Waals surface area contributed by atoms with E-state index < -0.39 is 0 Å². The molecule has 5 nitrogen and oxygen atoms in total. The summed E-state index contributed by atoms with van der Waals surface area (Å²) in [6.45, 7) is 11.2. The number of aryl methyl sites for hydroxylation is 2. The Morgan fingerprint density at radius 2 is 1.66 bits per heavy atom. The summed E-state index contributed by atoms with van der Waals surface area (Å²) in [4.78, 5) is 34.4. The zero-order valence-electron chi connectivity index (χ0n) is 22.1. The Bertz CT molecular complexity index is 1200. The molecular weight excluding hydrogens is 434 g/mol. The maximum atomic E-state index is 13.8. The molecule has 1 amide bonds. The highest BCUT2D eigenvalue weighted by atomic mass is 16.2. The molecule has 5 heteroatoms. The second kappa shape index (κ2) is 12.7. The molecule has 0 aliphatic rings. The van der Waals surface area contributed by atoms with Gasteiger partial charge in [-0.1, -0.05) is 64.7 Å². The lowest BCUT2D eigenvalue weighted by molar-refractivity contribution is -0.134. The number of unbranched alkanes of at least 4 members (excludes halogenated alkanes) is 4. The molecule has 0 saturated heterocycles. The first kappa shape index (κ1) is 26.7. The SMILES string of the molecule is CCCCCC(=O)N(CCCCC)C(CC)c1nc2ccccc2c(=O)n1-c1ccc(C)c(C)c1. The molecule has 0 fully saturated rings. The van der Waals surface area contributed by atoms with E-state index in [-0.39, 0.29) is 17.5 Å². The molecule has 0 saturated carbocycles. The van der Waals surface area contributed by atoms with Gasteiger partial charge in [0.2, 0.25) is 5.91 Å². The number of carbonyl (C=O) groups excluding carboxylic acids is 1. The van der Waals surface area contributed by atoms with Crippen LogP contribution in [0.4, 0.5) is 0 Å². The van der Waals surface area contributed by atoms with Crippen molar-refractivity contribution in [1.29, 1.82) is 0 Å². The lowest BCUT2D eigenvalue weighted by Crippen LogP contribution is -2.39. The summed E-state index contributed by atoms with van der Waals surface area (Å²) < 4.78 is 1.75. The van der Waals surface area contributed by atoms with Crippen LogP contribution in [0.15, 0.2) is 47.3 Å². The molecular formula is C30H41N3O2. The van der Waals surface area contributed by atoms with Crippen molar-refractivity contribution in [2.75, 3.05) is 6.54 Å². The average Bonchev–Trinajstić information content (AvgIpc) is 2.85. The highest BCUT2D eigenvalue weighted by Crippen LogP contribution is 2.28. The van der Waals surface area contributed by atoms with E-state index in [0.29, 0.717) is 36.1 Å². The Hall–Kier alpha value is -2.95. The van der Waals surface area contributed by atoms with Gasteiger partial charge in [-0.05, 0) is 68.5 Å². The summed E-state index contributed by atoms with van der Waals surface area (Å²) in [5.74, 6) is 0.815. The zero-order valence-corrected chi connectivity index (χ0v) is 22.1. The van der Waals surface area contributed by atoms with Crippen LogP contribution >= 0.6 is 0 Å². The first-order valence-electron chi connectivity index (χ1n) is 13.3. The van der Waals surface area contributed by atoms with Gasteiger partial charge in [0.1, 0.15) is 5.82 Å². The fraction of sp³-hybridized carbons (Fsp3) is 0.500. The summed E-state index contributed by atoms with van der Waals surface area (Å²) >= 11 is 0. The Morgan fingerprint density at radius 1 is 0.943 bits per heavy atom. The van der Waals surface area contributed by atoms with E-state index in [9.17, 15) is 9.59 Å². The number of amides is 1. The second-order valence-corrected chi connectivity index (χ2v) is 9.57. The van der Waals surface area contributed by atoms with Crippen molar-refractivity contribution >= 4 is 16.8 Å². The molecule has 0 spiro atoms. The Kier molecular flexibility index (Phi) is 9.64. The van der Waals surface area contributed by atoms with Gasteiger partial charge in [-0.15, -0.1) is 0 Å². The van der Waals surface area contributed by atoms with Gasteiger partial charge in [0, 0.05) is 13.0 Å². The number of benzene rings is 2. The third-order valence-electron chi connectivity index (χ3n) is 6.93. The van der Waals surface area contributed by atoms with Crippen LogP contribution in [0, 0.1) is 13.8 Å². The van der Waals surface area contributed by atoms with Crippen molar-refractivity contribution < 1.29 is 4.79 Å². The van der Waals surface area contributed by atoms with Crippen molar-refractivity contribution in [2.45, 2.75) is 92.0 Å². The normalized spacial score (nSPS) is 12.1. The molecule has 1 unspecified atom stereocenters. The average molecular weight is 476 g/mol. The van der Waals surface area contributed by atoms with Crippen LogP contribution in [0.3, 0.4) is 0 Å². The molecule has 0 bridgehead atoms. The standard InChI is InChI=1S/C30H41N3O2/c1-6-9-11-17-28(34)32(20-14-10-7-2)27(8-3)29-31-26-16-13-12-15-25(26)30(35)33(29)24-19-18-22(4)23(5)21-24/h12-13,15-16,18-19,21,27H,6-11,14,17,20H2,1-5H3. The second-order valence-electron chi connectivity index (χ2n) is 9.57. The lowest BCUT2D eigenvalue weighted by Gasteiger charge is -2.32. The minimum atomic E-state index is -0.264. The van der Waals surface area contributed by atoms with E-state index in [1.54, 1.807) is 4.57 Å². The minimum absolute atomic E-state index is 0.0840. The van der Waals surface area contributed by atoms with Crippen LogP contribution < -0.4 is 5.56 Å². The van der Waals surface area contributed by atoms with Crippen LogP contribution in [0.5, 0.6) is 0 Å². The summed E-state index contributed by atoms with van der Waals surface area (Å²) in [6.07, 6.45) is 7.38. The molecule has 1 aromatic heterocycles. The highest BCUT2D eigenvalue weighted by molar-refractivity contribution is 5.79. The fourth-order valence-electron chi connectivity index (χ4n) is 4.69. The van der Waals surface area contributed by atoms with Gasteiger partial charge in [0.05, 0.1) is 22.6 Å². The van der Waals surface area contributed by atoms with Gasteiger partial charge in [-0.25, -0.2) is 4.98 Å². The van der Waals surface area contributed by atoms with Gasteiger partial charge >= 0.3 is 0 Å². The minimum Gasteiger partial charge on any atom is -0.333 e. The molecule has 0 N–H and O–H groups in total. The molecule has 0 aliphatic carbocycles. The van der Waals surface area contributed by atoms with Crippen molar-refractivity contribution in [3.63, 3.8) is 0 Å². The number of fused-ring (bicyclic) bond motifs is 1. The number of hydrogen-bond donors (Lipinski definition) is 0. The number of aromatic nitrogens is 2. The molecule has 0 aliphatic heterocycles. The Labute approximate surface area is 210 Å². The molecule has 1 atom stereocenters. The van der Waals surface area contributed by atoms with E-state index in [2.05, 4.69) is 34.6 Å². The molecule has 3 rings (SSSR count). The molecule has 188 valence electrons. The van der Waals surface area contributed by atoms with E-state index >= 15 is 0 Å². The van der Waals surface area contributed by atoms with Gasteiger partial charge in [0.15, 0.2) is 0 Å². The summed E-state index contributed by atoms with van der Waals surface area (Å²) in [7, 11) is 0. The third kappa shape index (κ3) is 6.19. The van der Waals surface area contributed by atoms with E-state index in [1.807, 2.05) is 47.4 Å². The van der Waals surface area contributed by atoms with Crippen molar-refractivity contribution in [3.8, 4) is 5.69 Å². The van der Waals surface area contributed by atoms with Crippen LogP contribution in [0.1, 0.15) is 95.1 Å². The van der Waals surface area contributed by atoms with Crippen molar-refractivity contribution in [2.24, 2.45) is 0 Å². The van der Waals surface area contributed by atoms with Gasteiger partial charge in [0.25, 0.3) is 5.56 Å². The molecule has 0 radical (unpaired) electrons. The number of para-hydroxylation sites is 1. The van der Waals surface area contributed by atoms with Crippen molar-refractivity contribution in [1.82, 2.24) is 14.5 Å². The van der Waals surface area contributed by atoms with Crippen LogP contribution in [-0.2, 0) is 4.79 Å². The van der Waals surface area contributed by atoms with Gasteiger partial charge in [-0.2, -0.15) is 0 Å². The van der Waals surface area contributed by atoms with E-state index in [4.69, 9.17) is 4.98 Å². The number of nitrogens with zero attached hydrogens (tertiary/aromatic N) is 3. The zero-order chi connectivity index (χ0) is 25.4. The van der Waals surface area contributed by atoms with Crippen LogP contribution in [0.2, 0.25) is 0 Å². The molecule has 2 aromatic carbocycles. The fourth-order valence-corrected chi connectivity index (χ4v) is 4.69. The van der Waals surface area contributed by atoms with E-state index in [0.717, 1.165) is 49.8 Å². The smallest absolute Gasteiger partial charge is 0.266 e. The lowest BCUT2D eigenvalue weighted by atomic mass is 10.1. The number of carbonyl (C=O) groups is 1. The Morgan fingerprint density at radius 3 is 2.34 bits per heavy atom. The summed E-state index contributed by atoms with van der Waals surface area (Å²) in [5, 5.41) is 0.594. The Balaban J connectivity index is 2.19. The summed E-state index contributed by atoms with van der Waals surface area (Å²) in [5.41, 5.74) is 3.70. The first-order chi connectivity index (χ1) is 16.9. The third-order valence-corrected chi connectivity index (χ3v) is 6.93. The maximum absolute atomic E-state index is 13.8. The summed E-state index contributed by atoms with van der Waals surface area (Å²) in [6, 6.07) is 13.3. The van der Waals surface area contributed by atoms with E-state index in [1.165, 1.54) is 5.56 Å².